The van der Waals surface area contributed by atoms with E-state index in [1.807, 2.05) is 0 Å². The van der Waals surface area contributed by atoms with Crippen molar-refractivity contribution in [2.24, 2.45) is 0 Å². The third kappa shape index (κ3) is 3.40. The highest BCUT2D eigenvalue weighted by atomic mass is 16.6. The minimum absolute atomic E-state index is 0.146. The number of nitro groups is 1. The Balaban J connectivity index is 2.04. The van der Waals surface area contributed by atoms with Gasteiger partial charge in [0.2, 0.25) is 0 Å². The predicted molar refractivity (Wildman–Crippen MR) is 73.7 cm³/mol. The van der Waals surface area contributed by atoms with Crippen LogP contribution in [0.2, 0.25) is 0 Å². The summed E-state index contributed by atoms with van der Waals surface area (Å²) in [4.78, 5) is 21.4. The molecule has 2 rings (SSSR count). The van der Waals surface area contributed by atoms with Crippen LogP contribution in [-0.2, 0) is 9.53 Å². The quantitative estimate of drug-likeness (QED) is 0.606. The molecule has 0 saturated carbocycles. The first-order valence-electron chi connectivity index (χ1n) is 6.46. The number of carboxylic acids is 1. The first kappa shape index (κ1) is 15.0. The van der Waals surface area contributed by atoms with Crippen LogP contribution in [0.1, 0.15) is 12.8 Å². The van der Waals surface area contributed by atoms with E-state index in [2.05, 4.69) is 5.32 Å². The molecule has 1 aliphatic heterocycles. The fourth-order valence-corrected chi connectivity index (χ4v) is 2.28. The average Bonchev–Trinajstić information content (AvgIpc) is 2.93. The lowest BCUT2D eigenvalue weighted by Gasteiger charge is -2.14. The third-order valence-electron chi connectivity index (χ3n) is 3.30. The zero-order valence-electron chi connectivity index (χ0n) is 11.4. The second-order valence-corrected chi connectivity index (χ2v) is 4.66. The van der Waals surface area contributed by atoms with E-state index in [1.54, 1.807) is 12.1 Å². The van der Waals surface area contributed by atoms with Gasteiger partial charge in [-0.3, -0.25) is 10.1 Å². The summed E-state index contributed by atoms with van der Waals surface area (Å²) in [6.07, 6.45) is -0.0297. The topological polar surface area (TPSA) is 111 Å². The highest BCUT2D eigenvalue weighted by Crippen LogP contribution is 2.34. The number of benzene rings is 1. The molecule has 1 saturated heterocycles. The first-order chi connectivity index (χ1) is 10.0. The molecule has 2 N–H and O–H groups in total. The molecule has 8 heteroatoms. The Kier molecular flexibility index (Phi) is 4.59. The molecular formula is C13H16N2O6. The van der Waals surface area contributed by atoms with Gasteiger partial charge in [0.15, 0.2) is 11.9 Å². The minimum atomic E-state index is -0.982. The summed E-state index contributed by atoms with van der Waals surface area (Å²) in [7, 11) is 1.36. The lowest BCUT2D eigenvalue weighted by atomic mass is 10.2. The van der Waals surface area contributed by atoms with E-state index in [0.717, 1.165) is 0 Å². The zero-order chi connectivity index (χ0) is 15.4. The Hall–Kier alpha value is -2.35. The molecule has 1 fully saturated rings. The van der Waals surface area contributed by atoms with E-state index >= 15 is 0 Å². The fourth-order valence-electron chi connectivity index (χ4n) is 2.28. The van der Waals surface area contributed by atoms with Crippen molar-refractivity contribution in [1.82, 2.24) is 0 Å². The van der Waals surface area contributed by atoms with Crippen LogP contribution < -0.4 is 10.1 Å². The molecule has 0 amide bonds. The molecule has 2 unspecified atom stereocenters. The van der Waals surface area contributed by atoms with Crippen LogP contribution in [0.25, 0.3) is 0 Å². The van der Waals surface area contributed by atoms with Gasteiger partial charge in [0.25, 0.3) is 0 Å². The molecule has 1 aromatic rings. The number of nitrogens with zero attached hydrogens (tertiary/aromatic N) is 1. The summed E-state index contributed by atoms with van der Waals surface area (Å²) in [6, 6.07) is 4.73. The largest absolute Gasteiger partial charge is 0.490 e. The number of nitro benzene ring substituents is 1. The van der Waals surface area contributed by atoms with Crippen molar-refractivity contribution < 1.29 is 24.3 Å². The van der Waals surface area contributed by atoms with Crippen molar-refractivity contribution in [3.05, 3.63) is 28.3 Å². The molecule has 1 aliphatic rings. The normalized spacial score (nSPS) is 21.0. The molecule has 114 valence electrons. The van der Waals surface area contributed by atoms with Crippen LogP contribution in [-0.4, -0.2) is 41.9 Å². The van der Waals surface area contributed by atoms with Crippen molar-refractivity contribution in [3.63, 3.8) is 0 Å². The smallest absolute Gasteiger partial charge is 0.333 e. The number of para-hydroxylation sites is 1. The maximum Gasteiger partial charge on any atom is 0.333 e. The summed E-state index contributed by atoms with van der Waals surface area (Å²) in [5.74, 6) is -0.814. The number of carbonyl (C=O) groups is 1. The van der Waals surface area contributed by atoms with Crippen molar-refractivity contribution in [2.75, 3.05) is 19.0 Å². The number of ether oxygens (including phenoxy) is 2. The number of hydrogen-bond donors (Lipinski definition) is 2. The number of anilines is 1. The summed E-state index contributed by atoms with van der Waals surface area (Å²) < 4.78 is 10.3. The molecule has 0 spiro atoms. The lowest BCUT2D eigenvalue weighted by molar-refractivity contribution is -0.384. The third-order valence-corrected chi connectivity index (χ3v) is 3.30. The Morgan fingerprint density at radius 1 is 1.57 bits per heavy atom. The molecule has 1 aromatic carbocycles. The van der Waals surface area contributed by atoms with Crippen LogP contribution >= 0.6 is 0 Å². The van der Waals surface area contributed by atoms with Crippen molar-refractivity contribution in [2.45, 2.75) is 25.0 Å². The van der Waals surface area contributed by atoms with Crippen LogP contribution in [0.4, 0.5) is 11.4 Å². The Morgan fingerprint density at radius 3 is 2.90 bits per heavy atom. The molecule has 8 nitrogen and oxygen atoms in total. The van der Waals surface area contributed by atoms with Gasteiger partial charge in [-0.2, -0.15) is 0 Å². The Bertz CT molecular complexity index is 547. The lowest BCUT2D eigenvalue weighted by Crippen LogP contribution is -2.24. The summed E-state index contributed by atoms with van der Waals surface area (Å²) >= 11 is 0. The first-order valence-corrected chi connectivity index (χ1v) is 6.46. The summed E-state index contributed by atoms with van der Waals surface area (Å²) in [5.41, 5.74) is 0.175. The number of nitrogens with one attached hydrogen (secondary N) is 1. The standard InChI is InChI=1S/C13H16N2O6/c1-20-10-4-2-3-9(12(10)15(18)19)14-7-8-5-6-11(21-8)13(16)17/h2-4,8,11,14H,5-7H2,1H3,(H,16,17). The van der Waals surface area contributed by atoms with Gasteiger partial charge in [-0.05, 0) is 25.0 Å². The zero-order valence-corrected chi connectivity index (χ0v) is 11.4. The van der Waals surface area contributed by atoms with Crippen LogP contribution in [0.5, 0.6) is 5.75 Å². The second-order valence-electron chi connectivity index (χ2n) is 4.66. The monoisotopic (exact) mass is 296 g/mol. The van der Waals surface area contributed by atoms with Gasteiger partial charge in [-0.1, -0.05) is 6.07 Å². The maximum absolute atomic E-state index is 11.1. The maximum atomic E-state index is 11.1. The van der Waals surface area contributed by atoms with Gasteiger partial charge in [-0.15, -0.1) is 0 Å². The molecule has 0 aliphatic carbocycles. The van der Waals surface area contributed by atoms with Crippen LogP contribution in [0, 0.1) is 10.1 Å². The van der Waals surface area contributed by atoms with Crippen LogP contribution in [0.3, 0.4) is 0 Å². The number of hydrogen-bond acceptors (Lipinski definition) is 6. The van der Waals surface area contributed by atoms with E-state index in [4.69, 9.17) is 14.6 Å². The molecular weight excluding hydrogens is 280 g/mol. The SMILES string of the molecule is COc1cccc(NCC2CCC(C(=O)O)O2)c1[N+](=O)[O-]. The average molecular weight is 296 g/mol. The van der Waals surface area contributed by atoms with Gasteiger partial charge in [0.05, 0.1) is 18.1 Å². The van der Waals surface area contributed by atoms with Gasteiger partial charge in [0.1, 0.15) is 5.69 Å². The van der Waals surface area contributed by atoms with E-state index < -0.39 is 17.0 Å². The molecule has 0 aromatic heterocycles. The molecule has 1 heterocycles. The van der Waals surface area contributed by atoms with Gasteiger partial charge in [0, 0.05) is 6.54 Å². The highest BCUT2D eigenvalue weighted by Gasteiger charge is 2.30. The van der Waals surface area contributed by atoms with E-state index in [1.165, 1.54) is 13.2 Å². The Labute approximate surface area is 120 Å². The fraction of sp³-hybridized carbons (Fsp3) is 0.462. The van der Waals surface area contributed by atoms with E-state index in [-0.39, 0.29) is 17.5 Å². The molecule has 0 bridgehead atoms. The molecule has 21 heavy (non-hydrogen) atoms. The predicted octanol–water partition coefficient (Wildman–Crippen LogP) is 1.65. The van der Waals surface area contributed by atoms with Crippen molar-refractivity contribution in [1.29, 1.82) is 0 Å². The number of rotatable bonds is 6. The highest BCUT2D eigenvalue weighted by molar-refractivity contribution is 5.72. The number of methoxy groups -OCH3 is 1. The van der Waals surface area contributed by atoms with Crippen molar-refractivity contribution >= 4 is 17.3 Å². The van der Waals surface area contributed by atoms with Gasteiger partial charge >= 0.3 is 11.7 Å². The van der Waals surface area contributed by atoms with Gasteiger partial charge < -0.3 is 19.9 Å². The van der Waals surface area contributed by atoms with Crippen LogP contribution in [0.15, 0.2) is 18.2 Å². The molecule has 2 atom stereocenters. The minimum Gasteiger partial charge on any atom is -0.490 e. The van der Waals surface area contributed by atoms with E-state index in [0.29, 0.717) is 25.1 Å². The van der Waals surface area contributed by atoms with Gasteiger partial charge in [-0.25, -0.2) is 4.79 Å². The summed E-state index contributed by atoms with van der Waals surface area (Å²) in [5, 5.41) is 22.9. The number of aliphatic carboxylic acids is 1. The Morgan fingerprint density at radius 2 is 2.33 bits per heavy atom. The number of carboxylic acid groups (broad SMARTS) is 1. The second kappa shape index (κ2) is 6.40. The summed E-state index contributed by atoms with van der Waals surface area (Å²) in [6.45, 7) is 0.303. The molecule has 0 radical (unpaired) electrons. The van der Waals surface area contributed by atoms with E-state index in [9.17, 15) is 14.9 Å². The van der Waals surface area contributed by atoms with Crippen molar-refractivity contribution in [3.8, 4) is 5.75 Å².